The lowest BCUT2D eigenvalue weighted by atomic mass is 9.97. The Morgan fingerprint density at radius 1 is 1.17 bits per heavy atom. The van der Waals surface area contributed by atoms with E-state index >= 15 is 0 Å². The number of anilines is 2. The van der Waals surface area contributed by atoms with Crippen LogP contribution < -0.4 is 10.2 Å². The van der Waals surface area contributed by atoms with Crippen molar-refractivity contribution in [1.82, 2.24) is 15.0 Å². The number of nitrogens with zero attached hydrogens (tertiary/aromatic N) is 4. The van der Waals surface area contributed by atoms with Crippen LogP contribution in [0, 0.1) is 18.7 Å². The summed E-state index contributed by atoms with van der Waals surface area (Å²) in [4.78, 5) is 33.6. The monoisotopic (exact) mass is 477 g/mol. The summed E-state index contributed by atoms with van der Waals surface area (Å²) in [6.07, 6.45) is 3.12. The highest BCUT2D eigenvalue weighted by Gasteiger charge is 2.28. The number of carbonyl (C=O) groups excluding carboxylic acids is 2. The molecule has 35 heavy (non-hydrogen) atoms. The molecule has 0 bridgehead atoms. The maximum atomic E-state index is 13.2. The van der Waals surface area contributed by atoms with E-state index in [1.54, 1.807) is 17.0 Å². The second-order valence-electron chi connectivity index (χ2n) is 9.23. The van der Waals surface area contributed by atoms with Gasteiger partial charge in [0.25, 0.3) is 0 Å². The standard InChI is InChI=1S/C26H28FN5O3/c1-17-6-11-21(14-22(17)32-13-3-5-24(32)33)28-26(34)19-4-2-12-31(15-19)16-23-29-25(30-35-23)18-7-9-20(27)10-8-18/h6-11,14,19H,2-5,12-13,15-16H2,1H3,(H,28,34). The zero-order valence-corrected chi connectivity index (χ0v) is 19.7. The molecule has 0 saturated carbocycles. The van der Waals surface area contributed by atoms with Crippen LogP contribution in [-0.2, 0) is 16.1 Å². The number of halogens is 1. The molecular weight excluding hydrogens is 449 g/mol. The van der Waals surface area contributed by atoms with Crippen molar-refractivity contribution in [3.63, 3.8) is 0 Å². The Balaban J connectivity index is 1.21. The molecule has 0 aliphatic carbocycles. The Hall–Kier alpha value is -3.59. The Morgan fingerprint density at radius 3 is 2.77 bits per heavy atom. The lowest BCUT2D eigenvalue weighted by molar-refractivity contribution is -0.121. The molecule has 2 saturated heterocycles. The van der Waals surface area contributed by atoms with Crippen molar-refractivity contribution in [2.75, 3.05) is 29.9 Å². The first-order valence-corrected chi connectivity index (χ1v) is 12.0. The maximum Gasteiger partial charge on any atom is 0.241 e. The third-order valence-electron chi connectivity index (χ3n) is 6.65. The van der Waals surface area contributed by atoms with Crippen LogP contribution in [0.1, 0.15) is 37.1 Å². The fraction of sp³-hybridized carbons (Fsp3) is 0.385. The number of aryl methyl sites for hydroxylation is 1. The van der Waals surface area contributed by atoms with E-state index in [0.29, 0.717) is 49.0 Å². The molecule has 9 heteroatoms. The molecule has 1 N–H and O–H groups in total. The molecule has 8 nitrogen and oxygen atoms in total. The fourth-order valence-corrected chi connectivity index (χ4v) is 4.76. The largest absolute Gasteiger partial charge is 0.338 e. The van der Waals surface area contributed by atoms with Crippen LogP contribution >= 0.6 is 0 Å². The topological polar surface area (TPSA) is 91.6 Å². The van der Waals surface area contributed by atoms with Crippen LogP contribution in [0.4, 0.5) is 15.8 Å². The predicted octanol–water partition coefficient (Wildman–Crippen LogP) is 4.16. The zero-order chi connectivity index (χ0) is 24.4. The molecule has 0 radical (unpaired) electrons. The molecular formula is C26H28FN5O3. The van der Waals surface area contributed by atoms with Gasteiger partial charge in [0, 0.05) is 36.4 Å². The smallest absolute Gasteiger partial charge is 0.241 e. The van der Waals surface area contributed by atoms with Crippen LogP contribution in [0.5, 0.6) is 0 Å². The van der Waals surface area contributed by atoms with Crippen LogP contribution in [0.2, 0.25) is 0 Å². The SMILES string of the molecule is Cc1ccc(NC(=O)C2CCCN(Cc3nc(-c4ccc(F)cc4)no3)C2)cc1N1CCCC1=O. The van der Waals surface area contributed by atoms with Crippen LogP contribution in [-0.4, -0.2) is 46.5 Å². The second-order valence-corrected chi connectivity index (χ2v) is 9.23. The summed E-state index contributed by atoms with van der Waals surface area (Å²) in [6, 6.07) is 11.7. The van der Waals surface area contributed by atoms with Gasteiger partial charge in [0.2, 0.25) is 23.5 Å². The first-order valence-electron chi connectivity index (χ1n) is 12.0. The number of rotatable bonds is 6. The fourth-order valence-electron chi connectivity index (χ4n) is 4.76. The van der Waals surface area contributed by atoms with Gasteiger partial charge in [-0.3, -0.25) is 14.5 Å². The summed E-state index contributed by atoms with van der Waals surface area (Å²) in [5.41, 5.74) is 3.27. The molecule has 2 amide bonds. The zero-order valence-electron chi connectivity index (χ0n) is 19.7. The third kappa shape index (κ3) is 5.24. The average molecular weight is 478 g/mol. The molecule has 1 unspecified atom stereocenters. The number of amides is 2. The summed E-state index contributed by atoms with van der Waals surface area (Å²) in [5.74, 6) is 0.489. The predicted molar refractivity (Wildman–Crippen MR) is 129 cm³/mol. The highest BCUT2D eigenvalue weighted by molar-refractivity contribution is 5.98. The van der Waals surface area contributed by atoms with E-state index < -0.39 is 0 Å². The summed E-state index contributed by atoms with van der Waals surface area (Å²) in [6.45, 7) is 4.56. The quantitative estimate of drug-likeness (QED) is 0.573. The van der Waals surface area contributed by atoms with Gasteiger partial charge in [0.05, 0.1) is 12.5 Å². The first-order chi connectivity index (χ1) is 17.0. The summed E-state index contributed by atoms with van der Waals surface area (Å²) in [5, 5.41) is 7.05. The van der Waals surface area contributed by atoms with Crippen molar-refractivity contribution >= 4 is 23.2 Å². The van der Waals surface area contributed by atoms with Crippen molar-refractivity contribution in [2.45, 2.75) is 39.2 Å². The van der Waals surface area contributed by atoms with Gasteiger partial charge in [-0.25, -0.2) is 4.39 Å². The summed E-state index contributed by atoms with van der Waals surface area (Å²) >= 11 is 0. The minimum absolute atomic E-state index is 0.0326. The summed E-state index contributed by atoms with van der Waals surface area (Å²) < 4.78 is 18.6. The number of carbonyl (C=O) groups is 2. The lowest BCUT2D eigenvalue weighted by Gasteiger charge is -2.31. The van der Waals surface area contributed by atoms with Gasteiger partial charge in [-0.15, -0.1) is 0 Å². The Labute approximate surface area is 203 Å². The van der Waals surface area contributed by atoms with Crippen molar-refractivity contribution in [3.05, 3.63) is 59.7 Å². The van der Waals surface area contributed by atoms with Gasteiger partial charge >= 0.3 is 0 Å². The van der Waals surface area contributed by atoms with Crippen LogP contribution in [0.15, 0.2) is 47.0 Å². The highest BCUT2D eigenvalue weighted by atomic mass is 19.1. The van der Waals surface area contributed by atoms with Crippen LogP contribution in [0.3, 0.4) is 0 Å². The van der Waals surface area contributed by atoms with Crippen molar-refractivity contribution in [1.29, 1.82) is 0 Å². The Bertz CT molecular complexity index is 1230. The lowest BCUT2D eigenvalue weighted by Crippen LogP contribution is -2.40. The number of hydrogen-bond acceptors (Lipinski definition) is 6. The van der Waals surface area contributed by atoms with Crippen molar-refractivity contribution in [3.8, 4) is 11.4 Å². The summed E-state index contributed by atoms with van der Waals surface area (Å²) in [7, 11) is 0. The molecule has 2 fully saturated rings. The van der Waals surface area contributed by atoms with Crippen molar-refractivity contribution < 1.29 is 18.5 Å². The number of benzene rings is 2. The number of likely N-dealkylation sites (tertiary alicyclic amines) is 1. The van der Waals surface area contributed by atoms with Crippen LogP contribution in [0.25, 0.3) is 11.4 Å². The van der Waals surface area contributed by atoms with E-state index in [2.05, 4.69) is 20.4 Å². The molecule has 2 aliphatic heterocycles. The molecule has 0 spiro atoms. The minimum Gasteiger partial charge on any atom is -0.338 e. The second kappa shape index (κ2) is 9.95. The van der Waals surface area contributed by atoms with Crippen molar-refractivity contribution in [2.24, 2.45) is 5.92 Å². The van der Waals surface area contributed by atoms with Gasteiger partial charge in [-0.2, -0.15) is 4.98 Å². The van der Waals surface area contributed by atoms with Gasteiger partial charge < -0.3 is 14.7 Å². The maximum absolute atomic E-state index is 13.2. The van der Waals surface area contributed by atoms with Gasteiger partial charge in [-0.1, -0.05) is 11.2 Å². The normalized spacial score (nSPS) is 18.7. The first kappa shape index (κ1) is 23.2. The molecule has 1 atom stereocenters. The number of nitrogens with one attached hydrogen (secondary N) is 1. The third-order valence-corrected chi connectivity index (χ3v) is 6.65. The van der Waals surface area contributed by atoms with E-state index in [0.717, 1.165) is 37.1 Å². The van der Waals surface area contributed by atoms with E-state index in [1.807, 2.05) is 25.1 Å². The van der Waals surface area contributed by atoms with Gasteiger partial charge in [0.1, 0.15) is 5.82 Å². The Morgan fingerprint density at radius 2 is 2.00 bits per heavy atom. The molecule has 2 aliphatic rings. The van der Waals surface area contributed by atoms with Gasteiger partial charge in [-0.05, 0) is 74.7 Å². The van der Waals surface area contributed by atoms with E-state index in [-0.39, 0.29) is 23.5 Å². The molecule has 5 rings (SSSR count). The number of aromatic nitrogens is 2. The van der Waals surface area contributed by atoms with E-state index in [4.69, 9.17) is 4.52 Å². The average Bonchev–Trinajstić information content (AvgIpc) is 3.50. The Kier molecular flexibility index (Phi) is 6.59. The number of piperidine rings is 1. The highest BCUT2D eigenvalue weighted by Crippen LogP contribution is 2.29. The number of hydrogen-bond donors (Lipinski definition) is 1. The van der Waals surface area contributed by atoms with Gasteiger partial charge in [0.15, 0.2) is 0 Å². The minimum atomic E-state index is -0.318. The molecule has 3 aromatic rings. The van der Waals surface area contributed by atoms with E-state index in [1.165, 1.54) is 12.1 Å². The van der Waals surface area contributed by atoms with E-state index in [9.17, 15) is 14.0 Å². The molecule has 3 heterocycles. The molecule has 2 aromatic carbocycles. The molecule has 1 aromatic heterocycles. The molecule has 182 valence electrons.